The first kappa shape index (κ1) is 25.5. The molecule has 1 fully saturated rings. The maximum atomic E-state index is 4.72. The smallest absolute Gasteiger partial charge is 0.116 e. The maximum Gasteiger partial charge on any atom is 0.116 e. The summed E-state index contributed by atoms with van der Waals surface area (Å²) in [5.74, 6) is 0. The number of H-pyrrole nitrogens is 2. The second-order valence-corrected chi connectivity index (χ2v) is 10.2. The molecule has 0 atom stereocenters. The number of allylic oxidation sites excluding steroid dienone is 4. The van der Waals surface area contributed by atoms with Crippen LogP contribution in [0.2, 0.25) is 0 Å². The molecule has 3 aromatic heterocycles. The molecule has 4 aromatic rings. The Hall–Kier alpha value is -4.10. The van der Waals surface area contributed by atoms with Gasteiger partial charge in [0.25, 0.3) is 0 Å². The number of pyridine rings is 1. The molecule has 196 valence electrons. The Bertz CT molecular complexity index is 1530. The van der Waals surface area contributed by atoms with Crippen molar-refractivity contribution in [3.05, 3.63) is 85.0 Å². The van der Waals surface area contributed by atoms with Gasteiger partial charge in [-0.2, -0.15) is 5.10 Å². The zero-order valence-electron chi connectivity index (χ0n) is 22.6. The summed E-state index contributed by atoms with van der Waals surface area (Å²) in [5, 5.41) is 13.5. The van der Waals surface area contributed by atoms with Gasteiger partial charge in [0.1, 0.15) is 5.69 Å². The van der Waals surface area contributed by atoms with Gasteiger partial charge in [-0.05, 0) is 82.3 Å². The van der Waals surface area contributed by atoms with E-state index in [9.17, 15) is 0 Å². The largest absolute Gasteiger partial charge is 0.371 e. The highest BCUT2D eigenvalue weighted by atomic mass is 15.1. The van der Waals surface area contributed by atoms with Crippen molar-refractivity contribution in [2.75, 3.05) is 38.6 Å². The molecule has 0 unspecified atom stereocenters. The van der Waals surface area contributed by atoms with E-state index < -0.39 is 0 Å². The van der Waals surface area contributed by atoms with Crippen LogP contribution >= 0.6 is 0 Å². The van der Waals surface area contributed by atoms with Gasteiger partial charge < -0.3 is 20.1 Å². The number of anilines is 1. The molecule has 5 rings (SSSR count). The molecule has 7 nitrogen and oxygen atoms in total. The standard InChI is InChI=1S/C31H37N7/c1-6-22(16-23(7-2)33-21(3)20-37(4)5)27-18-25-29(19-32-27)35-36-31(25)28-17-24-26(34-28)12-11-13-30(24)38-14-9-8-10-15-38/h6-7,11-13,16-19,33-34H,2-3,8-10,14-15,20H2,1,4-5H3,(H,35,36)/b22-6+,23-16+. The van der Waals surface area contributed by atoms with Gasteiger partial charge in [-0.1, -0.05) is 25.3 Å². The molecule has 1 saturated heterocycles. The van der Waals surface area contributed by atoms with Crippen LogP contribution in [-0.4, -0.2) is 58.8 Å². The molecule has 0 spiro atoms. The Balaban J connectivity index is 1.49. The fourth-order valence-electron chi connectivity index (χ4n) is 5.20. The van der Waals surface area contributed by atoms with Crippen LogP contribution < -0.4 is 10.2 Å². The number of benzene rings is 1. The number of piperidine rings is 1. The van der Waals surface area contributed by atoms with E-state index in [2.05, 4.69) is 85.9 Å². The third-order valence-electron chi connectivity index (χ3n) is 7.01. The van der Waals surface area contributed by atoms with Gasteiger partial charge in [-0.25, -0.2) is 0 Å². The number of fused-ring (bicyclic) bond motifs is 2. The summed E-state index contributed by atoms with van der Waals surface area (Å²) >= 11 is 0. The lowest BCUT2D eigenvalue weighted by Gasteiger charge is -2.29. The molecule has 7 heteroatoms. The molecule has 38 heavy (non-hydrogen) atoms. The minimum Gasteiger partial charge on any atom is -0.371 e. The van der Waals surface area contributed by atoms with Gasteiger partial charge in [0.15, 0.2) is 0 Å². The second-order valence-electron chi connectivity index (χ2n) is 10.2. The van der Waals surface area contributed by atoms with Gasteiger partial charge in [0.05, 0.1) is 23.1 Å². The van der Waals surface area contributed by atoms with Gasteiger partial charge in [0, 0.05) is 53.0 Å². The Morgan fingerprint density at radius 3 is 2.68 bits per heavy atom. The van der Waals surface area contributed by atoms with E-state index in [0.29, 0.717) is 0 Å². The molecule has 0 bridgehead atoms. The summed E-state index contributed by atoms with van der Waals surface area (Å²) in [6, 6.07) is 10.9. The number of hydrogen-bond acceptors (Lipinski definition) is 5. The predicted molar refractivity (Wildman–Crippen MR) is 160 cm³/mol. The van der Waals surface area contributed by atoms with E-state index in [1.54, 1.807) is 6.08 Å². The maximum absolute atomic E-state index is 4.72. The summed E-state index contributed by atoms with van der Waals surface area (Å²) in [6.07, 6.45) is 11.6. The van der Waals surface area contributed by atoms with E-state index in [-0.39, 0.29) is 0 Å². The van der Waals surface area contributed by atoms with Crippen molar-refractivity contribution in [3.63, 3.8) is 0 Å². The molecule has 0 saturated carbocycles. The highest BCUT2D eigenvalue weighted by Crippen LogP contribution is 2.35. The van der Waals surface area contributed by atoms with Crippen LogP contribution in [-0.2, 0) is 0 Å². The minimum absolute atomic E-state index is 0.739. The quantitative estimate of drug-likeness (QED) is 0.234. The Labute approximate surface area is 224 Å². The van der Waals surface area contributed by atoms with Gasteiger partial charge in [-0.3, -0.25) is 10.1 Å². The Kier molecular flexibility index (Phi) is 7.47. The van der Waals surface area contributed by atoms with E-state index in [1.165, 1.54) is 30.3 Å². The van der Waals surface area contributed by atoms with Crippen LogP contribution in [0.5, 0.6) is 0 Å². The van der Waals surface area contributed by atoms with Gasteiger partial charge in [0.2, 0.25) is 0 Å². The first-order valence-corrected chi connectivity index (χ1v) is 13.3. The highest BCUT2D eigenvalue weighted by Gasteiger charge is 2.18. The summed E-state index contributed by atoms with van der Waals surface area (Å²) < 4.78 is 0. The molecular formula is C31H37N7. The predicted octanol–water partition coefficient (Wildman–Crippen LogP) is 6.23. The van der Waals surface area contributed by atoms with Crippen LogP contribution in [0, 0.1) is 0 Å². The molecule has 3 N–H and O–H groups in total. The average Bonchev–Trinajstić information content (AvgIpc) is 3.54. The first-order valence-electron chi connectivity index (χ1n) is 13.3. The van der Waals surface area contributed by atoms with Crippen LogP contribution in [0.3, 0.4) is 0 Å². The van der Waals surface area contributed by atoms with Gasteiger partial charge >= 0.3 is 0 Å². The van der Waals surface area contributed by atoms with Crippen LogP contribution in [0.4, 0.5) is 5.69 Å². The molecule has 0 amide bonds. The van der Waals surface area contributed by atoms with Crippen molar-refractivity contribution in [3.8, 4) is 11.4 Å². The number of aromatic nitrogens is 4. The monoisotopic (exact) mass is 507 g/mol. The first-order chi connectivity index (χ1) is 18.5. The lowest BCUT2D eigenvalue weighted by Crippen LogP contribution is -2.29. The average molecular weight is 508 g/mol. The number of likely N-dealkylation sites (N-methyl/N-ethyl adjacent to an activating group) is 1. The fourth-order valence-corrected chi connectivity index (χ4v) is 5.20. The van der Waals surface area contributed by atoms with Crippen LogP contribution in [0.25, 0.3) is 38.8 Å². The van der Waals surface area contributed by atoms with E-state index >= 15 is 0 Å². The normalized spacial score (nSPS) is 15.0. The molecule has 4 heterocycles. The molecule has 0 aliphatic carbocycles. The molecule has 1 aliphatic rings. The lowest BCUT2D eigenvalue weighted by molar-refractivity contribution is 0.438. The second kappa shape index (κ2) is 11.1. The van der Waals surface area contributed by atoms with Crippen molar-refractivity contribution >= 4 is 33.1 Å². The Morgan fingerprint density at radius 2 is 1.95 bits per heavy atom. The summed E-state index contributed by atoms with van der Waals surface area (Å²) in [4.78, 5) is 12.9. The third-order valence-corrected chi connectivity index (χ3v) is 7.01. The highest BCUT2D eigenvalue weighted by molar-refractivity contribution is 6.00. The van der Waals surface area contributed by atoms with Crippen molar-refractivity contribution in [1.82, 2.24) is 30.4 Å². The zero-order chi connectivity index (χ0) is 26.6. The number of hydrogen-bond donors (Lipinski definition) is 3. The number of aromatic amines is 2. The van der Waals surface area contributed by atoms with Crippen molar-refractivity contribution in [2.45, 2.75) is 26.2 Å². The van der Waals surface area contributed by atoms with E-state index in [1.807, 2.05) is 27.2 Å². The van der Waals surface area contributed by atoms with E-state index in [4.69, 9.17) is 4.98 Å². The molecule has 0 radical (unpaired) electrons. The SMILES string of the molecule is C=C/C(=C\C(=C/C)c1cc2c(-c3cc4c(N5CCCCC5)cccc4[nH]3)n[nH]c2cn1)NC(=C)CN(C)C. The topological polar surface area (TPSA) is 75.9 Å². The van der Waals surface area contributed by atoms with Crippen LogP contribution in [0.1, 0.15) is 31.9 Å². The van der Waals surface area contributed by atoms with E-state index in [0.717, 1.165) is 70.1 Å². The summed E-state index contributed by atoms with van der Waals surface area (Å²) in [5.41, 5.74) is 8.86. The van der Waals surface area contributed by atoms with Crippen molar-refractivity contribution in [2.24, 2.45) is 0 Å². The van der Waals surface area contributed by atoms with Crippen molar-refractivity contribution < 1.29 is 0 Å². The number of nitrogens with one attached hydrogen (secondary N) is 3. The minimum atomic E-state index is 0.739. The molecular weight excluding hydrogens is 470 g/mol. The fraction of sp³-hybridized carbons (Fsp3) is 0.290. The molecule has 1 aliphatic heterocycles. The number of nitrogens with zero attached hydrogens (tertiary/aromatic N) is 4. The lowest BCUT2D eigenvalue weighted by atomic mass is 10.1. The summed E-state index contributed by atoms with van der Waals surface area (Å²) in [7, 11) is 4.04. The third kappa shape index (κ3) is 5.29. The number of rotatable bonds is 9. The zero-order valence-corrected chi connectivity index (χ0v) is 22.6. The Morgan fingerprint density at radius 1 is 1.13 bits per heavy atom. The van der Waals surface area contributed by atoms with Crippen LogP contribution in [0.15, 0.2) is 79.3 Å². The summed E-state index contributed by atoms with van der Waals surface area (Å²) in [6.45, 7) is 13.1. The van der Waals surface area contributed by atoms with Gasteiger partial charge in [-0.15, -0.1) is 0 Å². The van der Waals surface area contributed by atoms with Crippen molar-refractivity contribution in [1.29, 1.82) is 0 Å². The molecule has 1 aromatic carbocycles.